The van der Waals surface area contributed by atoms with Gasteiger partial charge in [0.25, 0.3) is 0 Å². The third kappa shape index (κ3) is 5.04. The highest BCUT2D eigenvalue weighted by Gasteiger charge is 2.20. The molecule has 25 heavy (non-hydrogen) atoms. The summed E-state index contributed by atoms with van der Waals surface area (Å²) in [7, 11) is 1.80. The van der Waals surface area contributed by atoms with Gasteiger partial charge in [-0.15, -0.1) is 34.2 Å². The van der Waals surface area contributed by atoms with E-state index in [0.717, 1.165) is 30.5 Å². The first kappa shape index (κ1) is 19.9. The third-order valence-electron chi connectivity index (χ3n) is 4.68. The number of nitrogens with one attached hydrogen (secondary N) is 2. The lowest BCUT2D eigenvalue weighted by Crippen LogP contribution is -2.48. The molecule has 0 aliphatic carbocycles. The van der Waals surface area contributed by atoms with Crippen LogP contribution in [0, 0.1) is 0 Å². The molecule has 1 unspecified atom stereocenters. The predicted molar refractivity (Wildman–Crippen MR) is 111 cm³/mol. The minimum absolute atomic E-state index is 0. The van der Waals surface area contributed by atoms with Crippen molar-refractivity contribution in [3.63, 3.8) is 0 Å². The van der Waals surface area contributed by atoms with E-state index in [9.17, 15) is 0 Å². The summed E-state index contributed by atoms with van der Waals surface area (Å²) in [6.07, 6.45) is 5.87. The van der Waals surface area contributed by atoms with Gasteiger partial charge in [0.1, 0.15) is 0 Å². The first-order valence-corrected chi connectivity index (χ1v) is 8.79. The van der Waals surface area contributed by atoms with Crippen LogP contribution in [-0.2, 0) is 6.54 Å². The number of hydrogen-bond acceptors (Lipinski definition) is 4. The molecule has 1 atom stereocenters. The van der Waals surface area contributed by atoms with Crippen molar-refractivity contribution in [2.75, 3.05) is 26.7 Å². The highest BCUT2D eigenvalue weighted by Crippen LogP contribution is 2.15. The second-order valence-electron chi connectivity index (χ2n) is 6.13. The Morgan fingerprint density at radius 1 is 1.28 bits per heavy atom. The number of pyridine rings is 1. The maximum Gasteiger partial charge on any atom is 0.191 e. The quantitative estimate of drug-likeness (QED) is 0.408. The van der Waals surface area contributed by atoms with Gasteiger partial charge in [-0.25, -0.2) is 0 Å². The second-order valence-corrected chi connectivity index (χ2v) is 6.13. The molecule has 1 aliphatic rings. The summed E-state index contributed by atoms with van der Waals surface area (Å²) in [6, 6.07) is 6.49. The lowest BCUT2D eigenvalue weighted by atomic mass is 10.0. The lowest BCUT2D eigenvalue weighted by molar-refractivity contribution is 0.157. The van der Waals surface area contributed by atoms with Crippen LogP contribution in [0.5, 0.6) is 0 Å². The zero-order valence-electron chi connectivity index (χ0n) is 15.0. The van der Waals surface area contributed by atoms with E-state index < -0.39 is 0 Å². The smallest absolute Gasteiger partial charge is 0.191 e. The van der Waals surface area contributed by atoms with Crippen LogP contribution in [0.3, 0.4) is 0 Å². The van der Waals surface area contributed by atoms with Gasteiger partial charge in [-0.1, -0.05) is 19.4 Å². The van der Waals surface area contributed by atoms with Gasteiger partial charge in [0, 0.05) is 25.8 Å². The van der Waals surface area contributed by atoms with Crippen LogP contribution in [0.1, 0.15) is 32.0 Å². The fourth-order valence-electron chi connectivity index (χ4n) is 3.32. The molecule has 0 saturated carbocycles. The maximum absolute atomic E-state index is 4.32. The molecule has 0 amide bonds. The highest BCUT2D eigenvalue weighted by atomic mass is 127. The van der Waals surface area contributed by atoms with Crippen molar-refractivity contribution in [1.82, 2.24) is 30.1 Å². The number of likely N-dealkylation sites (N-methyl/N-ethyl adjacent to an activating group) is 1. The molecule has 2 N–H and O–H groups in total. The number of fused-ring (bicyclic) bond motifs is 1. The largest absolute Gasteiger partial charge is 0.355 e. The summed E-state index contributed by atoms with van der Waals surface area (Å²) in [5.41, 5.74) is 0.859. The minimum atomic E-state index is 0. The van der Waals surface area contributed by atoms with Gasteiger partial charge >= 0.3 is 0 Å². The van der Waals surface area contributed by atoms with E-state index in [1.807, 2.05) is 28.8 Å². The maximum atomic E-state index is 4.32. The van der Waals surface area contributed by atoms with Crippen molar-refractivity contribution in [2.24, 2.45) is 4.99 Å². The van der Waals surface area contributed by atoms with Crippen molar-refractivity contribution >= 4 is 35.6 Å². The molecule has 138 valence electrons. The van der Waals surface area contributed by atoms with Gasteiger partial charge in [0.2, 0.25) is 0 Å². The number of aromatic nitrogens is 3. The molecule has 2 aromatic heterocycles. The van der Waals surface area contributed by atoms with Crippen molar-refractivity contribution < 1.29 is 0 Å². The molecule has 0 spiro atoms. The van der Waals surface area contributed by atoms with Crippen LogP contribution < -0.4 is 10.6 Å². The third-order valence-corrected chi connectivity index (χ3v) is 4.68. The van der Waals surface area contributed by atoms with E-state index in [1.165, 1.54) is 25.8 Å². The van der Waals surface area contributed by atoms with Crippen LogP contribution in [0.4, 0.5) is 0 Å². The summed E-state index contributed by atoms with van der Waals surface area (Å²) < 4.78 is 1.99. The van der Waals surface area contributed by atoms with Crippen LogP contribution in [-0.4, -0.2) is 58.2 Å². The SMILES string of the molecule is CCN1CCCCC1CNC(=NC)NCc1nnc2ccccn12.I. The van der Waals surface area contributed by atoms with E-state index in [-0.39, 0.29) is 24.0 Å². The number of nitrogens with zero attached hydrogens (tertiary/aromatic N) is 5. The summed E-state index contributed by atoms with van der Waals surface area (Å²) in [4.78, 5) is 6.87. The van der Waals surface area contributed by atoms with Crippen molar-refractivity contribution in [3.8, 4) is 0 Å². The Balaban J connectivity index is 0.00000225. The summed E-state index contributed by atoms with van der Waals surface area (Å²) >= 11 is 0. The van der Waals surface area contributed by atoms with Gasteiger partial charge < -0.3 is 10.6 Å². The molecule has 8 heteroatoms. The molecule has 0 radical (unpaired) electrons. The zero-order chi connectivity index (χ0) is 16.8. The zero-order valence-corrected chi connectivity index (χ0v) is 17.3. The molecule has 1 saturated heterocycles. The Bertz CT molecular complexity index is 684. The average Bonchev–Trinajstić information content (AvgIpc) is 3.05. The van der Waals surface area contributed by atoms with Crippen molar-refractivity contribution in [3.05, 3.63) is 30.2 Å². The molecule has 7 nitrogen and oxygen atoms in total. The molecule has 2 aromatic rings. The number of hydrogen-bond donors (Lipinski definition) is 2. The van der Waals surface area contributed by atoms with Crippen molar-refractivity contribution in [1.29, 1.82) is 0 Å². The normalized spacial score (nSPS) is 18.8. The Kier molecular flexibility index (Phi) is 7.89. The van der Waals surface area contributed by atoms with Gasteiger partial charge in [0.15, 0.2) is 17.4 Å². The molecule has 1 aliphatic heterocycles. The Morgan fingerprint density at radius 3 is 2.96 bits per heavy atom. The molecular formula is C17H28IN7. The number of aliphatic imine (C=N–C) groups is 1. The number of likely N-dealkylation sites (tertiary alicyclic amines) is 1. The number of rotatable bonds is 5. The molecule has 0 bridgehead atoms. The summed E-state index contributed by atoms with van der Waals surface area (Å²) in [6.45, 7) is 6.08. The van der Waals surface area contributed by atoms with Crippen LogP contribution in [0.15, 0.2) is 29.4 Å². The van der Waals surface area contributed by atoms with Crippen molar-refractivity contribution in [2.45, 2.75) is 38.8 Å². The van der Waals surface area contributed by atoms with Gasteiger partial charge in [-0.05, 0) is 38.1 Å². The molecule has 3 heterocycles. The second kappa shape index (κ2) is 9.91. The lowest BCUT2D eigenvalue weighted by Gasteiger charge is -2.35. The molecular weight excluding hydrogens is 429 g/mol. The number of guanidine groups is 1. The first-order valence-electron chi connectivity index (χ1n) is 8.79. The highest BCUT2D eigenvalue weighted by molar-refractivity contribution is 14.0. The number of piperidine rings is 1. The van der Waals surface area contributed by atoms with Crippen LogP contribution in [0.25, 0.3) is 5.65 Å². The predicted octanol–water partition coefficient (Wildman–Crippen LogP) is 1.89. The first-order chi connectivity index (χ1) is 11.8. The van der Waals surface area contributed by atoms with Crippen LogP contribution in [0.2, 0.25) is 0 Å². The van der Waals surface area contributed by atoms with E-state index in [1.54, 1.807) is 7.05 Å². The molecule has 0 aromatic carbocycles. The number of halogens is 1. The topological polar surface area (TPSA) is 69.8 Å². The molecule has 1 fully saturated rings. The standard InChI is InChI=1S/C17H27N7.HI/c1-3-23-10-6-4-8-14(23)12-19-17(18-2)20-13-16-22-21-15-9-5-7-11-24(15)16;/h5,7,9,11,14H,3-4,6,8,10,12-13H2,1-2H3,(H2,18,19,20);1H. The van der Waals surface area contributed by atoms with Crippen LogP contribution >= 0.6 is 24.0 Å². The van der Waals surface area contributed by atoms with E-state index >= 15 is 0 Å². The Morgan fingerprint density at radius 2 is 2.16 bits per heavy atom. The van der Waals surface area contributed by atoms with Gasteiger partial charge in [-0.3, -0.25) is 14.3 Å². The van der Waals surface area contributed by atoms with E-state index in [4.69, 9.17) is 0 Å². The fraction of sp³-hybridized carbons (Fsp3) is 0.588. The monoisotopic (exact) mass is 457 g/mol. The fourth-order valence-corrected chi connectivity index (χ4v) is 3.32. The van der Waals surface area contributed by atoms with E-state index in [0.29, 0.717) is 12.6 Å². The summed E-state index contributed by atoms with van der Waals surface area (Å²) in [5, 5.41) is 15.2. The van der Waals surface area contributed by atoms with E-state index in [2.05, 4.69) is 37.6 Å². The van der Waals surface area contributed by atoms with Gasteiger partial charge in [0.05, 0.1) is 6.54 Å². The Labute approximate surface area is 166 Å². The average molecular weight is 457 g/mol. The van der Waals surface area contributed by atoms with Gasteiger partial charge in [-0.2, -0.15) is 0 Å². The molecule has 3 rings (SSSR count). The summed E-state index contributed by atoms with van der Waals surface area (Å²) in [5.74, 6) is 1.69. The Hall–Kier alpha value is -1.42. The minimum Gasteiger partial charge on any atom is -0.355 e.